The number of hydrogen-bond acceptors (Lipinski definition) is 5. The minimum absolute atomic E-state index is 0.0171. The van der Waals surface area contributed by atoms with Crippen LogP contribution in [0.4, 0.5) is 0 Å². The second-order valence-electron chi connectivity index (χ2n) is 6.37. The molecule has 1 heterocycles. The van der Waals surface area contributed by atoms with Gasteiger partial charge < -0.3 is 15.0 Å². The second-order valence-corrected chi connectivity index (χ2v) is 8.52. The highest BCUT2D eigenvalue weighted by molar-refractivity contribution is 7.89. The highest BCUT2D eigenvalue weighted by Crippen LogP contribution is 2.21. The summed E-state index contributed by atoms with van der Waals surface area (Å²) in [6.07, 6.45) is 1.01. The lowest BCUT2D eigenvalue weighted by Crippen LogP contribution is -2.25. The van der Waals surface area contributed by atoms with Gasteiger partial charge in [-0.05, 0) is 24.6 Å². The number of aliphatic carboxylic acids is 1. The Balaban J connectivity index is 2.06. The summed E-state index contributed by atoms with van der Waals surface area (Å²) in [5, 5.41) is 11.2. The second kappa shape index (κ2) is 8.49. The van der Waals surface area contributed by atoms with Gasteiger partial charge in [-0.2, -0.15) is 0 Å². The minimum Gasteiger partial charge on any atom is -0.481 e. The highest BCUT2D eigenvalue weighted by atomic mass is 32.2. The molecule has 0 aliphatic heterocycles. The van der Waals surface area contributed by atoms with Crippen molar-refractivity contribution >= 4 is 32.9 Å². The molecule has 0 saturated heterocycles. The predicted octanol–water partition coefficient (Wildman–Crippen LogP) is 0.737. The van der Waals surface area contributed by atoms with Gasteiger partial charge in [-0.15, -0.1) is 0 Å². The zero-order chi connectivity index (χ0) is 20.2. The van der Waals surface area contributed by atoms with Gasteiger partial charge in [0.15, 0.2) is 0 Å². The van der Waals surface area contributed by atoms with Gasteiger partial charge in [0.1, 0.15) is 5.82 Å². The molecule has 9 nitrogen and oxygen atoms in total. The van der Waals surface area contributed by atoms with Gasteiger partial charge in [-0.25, -0.2) is 17.7 Å². The van der Waals surface area contributed by atoms with Crippen LogP contribution in [0.5, 0.6) is 0 Å². The van der Waals surface area contributed by atoms with Crippen LogP contribution in [0.2, 0.25) is 0 Å². The van der Waals surface area contributed by atoms with Gasteiger partial charge in [0, 0.05) is 47.0 Å². The van der Waals surface area contributed by atoms with E-state index < -0.39 is 16.0 Å². The quantitative estimate of drug-likeness (QED) is 0.603. The monoisotopic (exact) mass is 396 g/mol. The van der Waals surface area contributed by atoms with Gasteiger partial charge >= 0.3 is 5.97 Å². The lowest BCUT2D eigenvalue weighted by Gasteiger charge is -2.10. The fourth-order valence-electron chi connectivity index (χ4n) is 2.61. The standard InChI is InChI=1S/C17H24N4O5S/c1-20(2)27(25,26)12-6-7-14-13(11-12)19-15(21(14)3)8-9-16(22)18-10-4-5-17(23)24/h6-7,11H,4-5,8-10H2,1-3H3,(H,18,22)(H,23,24). The van der Waals surface area contributed by atoms with Crippen molar-refractivity contribution in [2.45, 2.75) is 30.6 Å². The number of carbonyl (C=O) groups is 2. The van der Waals surface area contributed by atoms with Crippen molar-refractivity contribution in [3.05, 3.63) is 24.0 Å². The van der Waals surface area contributed by atoms with Crippen molar-refractivity contribution in [1.82, 2.24) is 19.2 Å². The van der Waals surface area contributed by atoms with Crippen molar-refractivity contribution in [1.29, 1.82) is 0 Å². The van der Waals surface area contributed by atoms with E-state index in [9.17, 15) is 18.0 Å². The molecule has 0 aliphatic rings. The zero-order valence-corrected chi connectivity index (χ0v) is 16.4. The molecule has 0 bridgehead atoms. The molecule has 0 aliphatic carbocycles. The number of hydrogen-bond donors (Lipinski definition) is 2. The molecule has 0 fully saturated rings. The maximum Gasteiger partial charge on any atom is 0.303 e. The van der Waals surface area contributed by atoms with E-state index in [4.69, 9.17) is 5.11 Å². The Hall–Kier alpha value is -2.46. The summed E-state index contributed by atoms with van der Waals surface area (Å²) in [7, 11) is 1.22. The lowest BCUT2D eigenvalue weighted by atomic mass is 10.2. The number of fused-ring (bicyclic) bond motifs is 1. The molecule has 0 saturated carbocycles. The van der Waals surface area contributed by atoms with Crippen LogP contribution in [0.1, 0.15) is 25.1 Å². The van der Waals surface area contributed by atoms with E-state index in [0.717, 1.165) is 9.82 Å². The Kier molecular flexibility index (Phi) is 6.55. The maximum absolute atomic E-state index is 12.3. The highest BCUT2D eigenvalue weighted by Gasteiger charge is 2.19. The number of aromatic nitrogens is 2. The van der Waals surface area contributed by atoms with Crippen LogP contribution in [-0.4, -0.2) is 59.9 Å². The number of aryl methyl sites for hydroxylation is 2. The number of imidazole rings is 1. The largest absolute Gasteiger partial charge is 0.481 e. The average molecular weight is 396 g/mol. The van der Waals surface area contributed by atoms with E-state index >= 15 is 0 Å². The van der Waals surface area contributed by atoms with E-state index in [1.807, 2.05) is 11.6 Å². The summed E-state index contributed by atoms with van der Waals surface area (Å²) in [4.78, 5) is 26.9. The Morgan fingerprint density at radius 2 is 1.96 bits per heavy atom. The first kappa shape index (κ1) is 20.8. The molecular weight excluding hydrogens is 372 g/mol. The van der Waals surface area contributed by atoms with E-state index in [1.54, 1.807) is 6.07 Å². The number of rotatable bonds is 9. The van der Waals surface area contributed by atoms with E-state index in [0.29, 0.717) is 30.7 Å². The van der Waals surface area contributed by atoms with Gasteiger partial charge in [-0.3, -0.25) is 9.59 Å². The summed E-state index contributed by atoms with van der Waals surface area (Å²) >= 11 is 0. The molecule has 148 valence electrons. The molecule has 0 unspecified atom stereocenters. The molecule has 1 aromatic heterocycles. The number of sulfonamides is 1. The first-order valence-corrected chi connectivity index (χ1v) is 9.93. The van der Waals surface area contributed by atoms with Gasteiger partial charge in [0.25, 0.3) is 0 Å². The van der Waals surface area contributed by atoms with Crippen LogP contribution in [-0.2, 0) is 33.1 Å². The summed E-state index contributed by atoms with van der Waals surface area (Å²) in [5.74, 6) is -0.395. The fourth-order valence-corrected chi connectivity index (χ4v) is 3.53. The Morgan fingerprint density at radius 3 is 2.59 bits per heavy atom. The Bertz CT molecular complexity index is 950. The lowest BCUT2D eigenvalue weighted by molar-refractivity contribution is -0.137. The number of carboxylic acids is 1. The number of nitrogens with zero attached hydrogens (tertiary/aromatic N) is 3. The van der Waals surface area contributed by atoms with Gasteiger partial charge in [0.2, 0.25) is 15.9 Å². The normalized spacial score (nSPS) is 11.9. The van der Waals surface area contributed by atoms with Crippen LogP contribution < -0.4 is 5.32 Å². The van der Waals surface area contributed by atoms with Crippen molar-refractivity contribution < 1.29 is 23.1 Å². The van der Waals surface area contributed by atoms with Crippen LogP contribution >= 0.6 is 0 Å². The third kappa shape index (κ3) is 5.04. The fraction of sp³-hybridized carbons (Fsp3) is 0.471. The SMILES string of the molecule is CN(C)S(=O)(=O)c1ccc2c(c1)nc(CCC(=O)NCCCC(=O)O)n2C. The van der Waals surface area contributed by atoms with Crippen LogP contribution in [0.3, 0.4) is 0 Å². The molecule has 10 heteroatoms. The maximum atomic E-state index is 12.3. The van der Waals surface area contributed by atoms with E-state index in [-0.39, 0.29) is 23.6 Å². The topological polar surface area (TPSA) is 122 Å². The van der Waals surface area contributed by atoms with Crippen molar-refractivity contribution in [3.8, 4) is 0 Å². The predicted molar refractivity (Wildman–Crippen MR) is 99.8 cm³/mol. The number of carbonyl (C=O) groups excluding carboxylic acids is 1. The Labute approximate surface area is 158 Å². The molecule has 2 N–H and O–H groups in total. The van der Waals surface area contributed by atoms with E-state index in [2.05, 4.69) is 10.3 Å². The molecule has 0 radical (unpaired) electrons. The summed E-state index contributed by atoms with van der Waals surface area (Å²) in [6.45, 7) is 0.319. The van der Waals surface area contributed by atoms with Crippen LogP contribution in [0.15, 0.2) is 23.1 Å². The number of nitrogens with one attached hydrogen (secondary N) is 1. The first-order chi connectivity index (χ1) is 12.6. The average Bonchev–Trinajstić information content (AvgIpc) is 2.92. The molecule has 2 aromatic rings. The third-order valence-electron chi connectivity index (χ3n) is 4.19. The van der Waals surface area contributed by atoms with E-state index in [1.165, 1.54) is 26.2 Å². The molecule has 1 aromatic carbocycles. The molecule has 0 spiro atoms. The zero-order valence-electron chi connectivity index (χ0n) is 15.6. The number of carboxylic acid groups (broad SMARTS) is 1. The third-order valence-corrected chi connectivity index (χ3v) is 6.00. The van der Waals surface area contributed by atoms with Gasteiger partial charge in [-0.1, -0.05) is 0 Å². The van der Waals surface area contributed by atoms with Crippen molar-refractivity contribution in [2.75, 3.05) is 20.6 Å². The van der Waals surface area contributed by atoms with Gasteiger partial charge in [0.05, 0.1) is 15.9 Å². The molecule has 0 atom stereocenters. The molecule has 2 rings (SSSR count). The molecule has 1 amide bonds. The molecular formula is C17H24N4O5S. The van der Waals surface area contributed by atoms with Crippen molar-refractivity contribution in [2.24, 2.45) is 7.05 Å². The number of benzene rings is 1. The minimum atomic E-state index is -3.54. The first-order valence-electron chi connectivity index (χ1n) is 8.49. The summed E-state index contributed by atoms with van der Waals surface area (Å²) in [5.41, 5.74) is 1.34. The summed E-state index contributed by atoms with van der Waals surface area (Å²) in [6, 6.07) is 4.77. The Morgan fingerprint density at radius 1 is 1.26 bits per heavy atom. The van der Waals surface area contributed by atoms with Crippen LogP contribution in [0, 0.1) is 0 Å². The van der Waals surface area contributed by atoms with Crippen LogP contribution in [0.25, 0.3) is 11.0 Å². The summed E-state index contributed by atoms with van der Waals surface area (Å²) < 4.78 is 27.5. The molecule has 27 heavy (non-hydrogen) atoms. The van der Waals surface area contributed by atoms with Crippen molar-refractivity contribution in [3.63, 3.8) is 0 Å². The smallest absolute Gasteiger partial charge is 0.303 e. The number of amides is 1.